The fourth-order valence-corrected chi connectivity index (χ4v) is 2.56. The van der Waals surface area contributed by atoms with Gasteiger partial charge in [0.05, 0.1) is 5.56 Å². The van der Waals surface area contributed by atoms with Gasteiger partial charge in [0, 0.05) is 19.7 Å². The fraction of sp³-hybridized carbons (Fsp3) is 0.286. The van der Waals surface area contributed by atoms with E-state index in [1.54, 1.807) is 17.8 Å². The van der Waals surface area contributed by atoms with Crippen LogP contribution in [-0.4, -0.2) is 35.7 Å². The van der Waals surface area contributed by atoms with Crippen LogP contribution in [0.1, 0.15) is 5.56 Å². The molecule has 2 N–H and O–H groups in total. The monoisotopic (exact) mass is 325 g/mol. The minimum Gasteiger partial charge on any atom is -0.406 e. The van der Waals surface area contributed by atoms with Gasteiger partial charge in [-0.1, -0.05) is 12.1 Å². The molecular formula is C14H14F3N5O. The van der Waals surface area contributed by atoms with Gasteiger partial charge < -0.3 is 15.4 Å². The Hall–Kier alpha value is -2.71. The fourth-order valence-electron chi connectivity index (χ4n) is 2.56. The van der Waals surface area contributed by atoms with Crippen molar-refractivity contribution in [2.75, 3.05) is 18.6 Å². The molecule has 1 aromatic heterocycles. The minimum absolute atomic E-state index is 0.309. The molecule has 0 bridgehead atoms. The number of hydrogen-bond donors (Lipinski definition) is 1. The van der Waals surface area contributed by atoms with Gasteiger partial charge in [0.25, 0.3) is 0 Å². The van der Waals surface area contributed by atoms with Gasteiger partial charge in [0.2, 0.25) is 0 Å². The molecule has 0 fully saturated rings. The number of fused-ring (bicyclic) bond motifs is 1. The number of hydrogen-bond acceptors (Lipinski definition) is 5. The van der Waals surface area contributed by atoms with Gasteiger partial charge in [-0.15, -0.1) is 13.2 Å². The Morgan fingerprint density at radius 3 is 2.70 bits per heavy atom. The molecule has 0 aliphatic carbocycles. The molecule has 1 aromatic carbocycles. The average Bonchev–Trinajstić information content (AvgIpc) is 2.80. The Kier molecular flexibility index (Phi) is 3.42. The predicted octanol–water partition coefficient (Wildman–Crippen LogP) is 2.10. The molecule has 0 spiro atoms. The highest BCUT2D eigenvalue weighted by Crippen LogP contribution is 2.34. The molecule has 1 aliphatic rings. The normalized spacial score (nSPS) is 14.5. The van der Waals surface area contributed by atoms with E-state index in [0.717, 1.165) is 5.82 Å². The van der Waals surface area contributed by atoms with Gasteiger partial charge in [-0.05, 0) is 12.1 Å². The second kappa shape index (κ2) is 5.18. The maximum Gasteiger partial charge on any atom is 0.573 e. The quantitative estimate of drug-likeness (QED) is 0.918. The second-order valence-corrected chi connectivity index (χ2v) is 5.13. The molecule has 1 aliphatic heterocycles. The van der Waals surface area contributed by atoms with Crippen LogP contribution in [0.5, 0.6) is 5.75 Å². The zero-order chi connectivity index (χ0) is 16.8. The molecule has 9 heteroatoms. The van der Waals surface area contributed by atoms with Gasteiger partial charge >= 0.3 is 6.36 Å². The molecule has 0 radical (unpaired) electrons. The van der Waals surface area contributed by atoms with Crippen LogP contribution in [0.15, 0.2) is 29.3 Å². The second-order valence-electron chi connectivity index (χ2n) is 5.13. The number of amidine groups is 1. The first kappa shape index (κ1) is 15.2. The Morgan fingerprint density at radius 2 is 2.00 bits per heavy atom. The van der Waals surface area contributed by atoms with Gasteiger partial charge in [0.15, 0.2) is 0 Å². The van der Waals surface area contributed by atoms with E-state index in [9.17, 15) is 13.2 Å². The highest BCUT2D eigenvalue weighted by Gasteiger charge is 2.31. The summed E-state index contributed by atoms with van der Waals surface area (Å²) < 4.78 is 42.7. The summed E-state index contributed by atoms with van der Waals surface area (Å²) in [7, 11) is 3.58. The first-order valence-corrected chi connectivity index (χ1v) is 6.71. The number of ether oxygens (including phenoxy) is 1. The zero-order valence-corrected chi connectivity index (χ0v) is 12.4. The van der Waals surface area contributed by atoms with Crippen LogP contribution < -0.4 is 15.4 Å². The number of alkyl halides is 3. The summed E-state index contributed by atoms with van der Waals surface area (Å²) in [6, 6.07) is 5.62. The lowest BCUT2D eigenvalue weighted by molar-refractivity contribution is -0.274. The number of nitrogens with two attached hydrogens (primary N) is 1. The summed E-state index contributed by atoms with van der Waals surface area (Å²) in [5.41, 5.74) is 7.49. The van der Waals surface area contributed by atoms with Crippen LogP contribution in [0.3, 0.4) is 0 Å². The van der Waals surface area contributed by atoms with E-state index < -0.39 is 6.36 Å². The Balaban J connectivity index is 2.09. The van der Waals surface area contributed by atoms with E-state index in [0.29, 0.717) is 29.3 Å². The lowest BCUT2D eigenvalue weighted by Crippen LogP contribution is -2.30. The largest absolute Gasteiger partial charge is 0.573 e. The van der Waals surface area contributed by atoms with Crippen molar-refractivity contribution in [3.05, 3.63) is 29.8 Å². The number of aliphatic imine (C=N–C) groups is 1. The Labute approximate surface area is 130 Å². The molecule has 0 saturated carbocycles. The van der Waals surface area contributed by atoms with Crippen molar-refractivity contribution in [1.29, 1.82) is 0 Å². The number of halogens is 3. The van der Waals surface area contributed by atoms with Crippen LogP contribution >= 0.6 is 0 Å². The summed E-state index contributed by atoms with van der Waals surface area (Å²) >= 11 is 0. The third-order valence-corrected chi connectivity index (χ3v) is 3.43. The van der Waals surface area contributed by atoms with Crippen molar-refractivity contribution in [2.24, 2.45) is 17.8 Å². The summed E-state index contributed by atoms with van der Waals surface area (Å²) in [5, 5.41) is 4.38. The van der Waals surface area contributed by atoms with E-state index >= 15 is 0 Å². The molecule has 122 valence electrons. The highest BCUT2D eigenvalue weighted by atomic mass is 19.4. The van der Waals surface area contributed by atoms with Crippen molar-refractivity contribution in [1.82, 2.24) is 9.78 Å². The third kappa shape index (κ3) is 2.81. The smallest absolute Gasteiger partial charge is 0.406 e. The van der Waals surface area contributed by atoms with Gasteiger partial charge in [-0.2, -0.15) is 5.10 Å². The standard InChI is InChI=1S/C14H14F3N5O/c1-21-7-19-12(18)10-11(20-22(2)13(10)21)8-4-3-5-9(6-8)23-14(15,16)17/h3-6H,7H2,1-2H3,(H2,18,19). The van der Waals surface area contributed by atoms with Crippen molar-refractivity contribution in [2.45, 2.75) is 6.36 Å². The van der Waals surface area contributed by atoms with E-state index in [1.807, 2.05) is 11.9 Å². The van der Waals surface area contributed by atoms with Gasteiger partial charge in [0.1, 0.15) is 29.8 Å². The number of aryl methyl sites for hydroxylation is 1. The zero-order valence-electron chi connectivity index (χ0n) is 12.4. The topological polar surface area (TPSA) is 68.7 Å². The molecular weight excluding hydrogens is 311 g/mol. The van der Waals surface area contributed by atoms with Crippen molar-refractivity contribution in [3.8, 4) is 17.0 Å². The van der Waals surface area contributed by atoms with Gasteiger partial charge in [-0.3, -0.25) is 4.68 Å². The summed E-state index contributed by atoms with van der Waals surface area (Å²) in [4.78, 5) is 6.05. The van der Waals surface area contributed by atoms with E-state index in [-0.39, 0.29) is 5.75 Å². The van der Waals surface area contributed by atoms with Crippen molar-refractivity contribution >= 4 is 11.7 Å². The number of rotatable bonds is 2. The molecule has 2 heterocycles. The maximum atomic E-state index is 12.4. The first-order chi connectivity index (χ1) is 10.8. The summed E-state index contributed by atoms with van der Waals surface area (Å²) in [6.07, 6.45) is -4.75. The van der Waals surface area contributed by atoms with Crippen LogP contribution in [-0.2, 0) is 7.05 Å². The highest BCUT2D eigenvalue weighted by molar-refractivity contribution is 6.08. The molecule has 2 aromatic rings. The summed E-state index contributed by atoms with van der Waals surface area (Å²) in [5.74, 6) is 0.757. The minimum atomic E-state index is -4.75. The van der Waals surface area contributed by atoms with E-state index in [4.69, 9.17) is 5.73 Å². The Bertz CT molecular complexity index is 781. The van der Waals surface area contributed by atoms with E-state index in [1.165, 1.54) is 18.2 Å². The molecule has 23 heavy (non-hydrogen) atoms. The number of aromatic nitrogens is 2. The average molecular weight is 325 g/mol. The molecule has 0 amide bonds. The van der Waals surface area contributed by atoms with Crippen LogP contribution in [0.2, 0.25) is 0 Å². The van der Waals surface area contributed by atoms with Gasteiger partial charge in [-0.25, -0.2) is 4.99 Å². The van der Waals surface area contributed by atoms with Crippen LogP contribution in [0.25, 0.3) is 11.3 Å². The molecule has 3 rings (SSSR count). The van der Waals surface area contributed by atoms with Crippen LogP contribution in [0, 0.1) is 0 Å². The molecule has 0 saturated heterocycles. The lowest BCUT2D eigenvalue weighted by atomic mass is 10.1. The Morgan fingerprint density at radius 1 is 1.26 bits per heavy atom. The molecule has 0 unspecified atom stereocenters. The molecule has 6 nitrogen and oxygen atoms in total. The van der Waals surface area contributed by atoms with E-state index in [2.05, 4.69) is 14.8 Å². The first-order valence-electron chi connectivity index (χ1n) is 6.71. The molecule has 0 atom stereocenters. The van der Waals surface area contributed by atoms with Crippen LogP contribution in [0.4, 0.5) is 19.0 Å². The van der Waals surface area contributed by atoms with Crippen molar-refractivity contribution in [3.63, 3.8) is 0 Å². The number of benzene rings is 1. The summed E-state index contributed by atoms with van der Waals surface area (Å²) in [6.45, 7) is 0.398. The lowest BCUT2D eigenvalue weighted by Gasteiger charge is -2.23. The maximum absolute atomic E-state index is 12.4. The number of anilines is 1. The SMILES string of the molecule is CN1CN=C(N)c2c(-c3cccc(OC(F)(F)F)c3)nn(C)c21. The van der Waals surface area contributed by atoms with Crippen molar-refractivity contribution < 1.29 is 17.9 Å². The number of nitrogens with zero attached hydrogens (tertiary/aromatic N) is 4. The third-order valence-electron chi connectivity index (χ3n) is 3.43. The predicted molar refractivity (Wildman–Crippen MR) is 79.3 cm³/mol.